The van der Waals surface area contributed by atoms with Crippen molar-refractivity contribution in [3.05, 3.63) is 28.0 Å². The van der Waals surface area contributed by atoms with Crippen LogP contribution in [0, 0.1) is 0 Å². The largest absolute Gasteiger partial charge is 0.390 e. The average Bonchev–Trinajstić information content (AvgIpc) is 2.64. The average molecular weight is 218 g/mol. The quantitative estimate of drug-likeness (QED) is 0.773. The Labute approximate surface area is 86.5 Å². The molecule has 0 aromatic carbocycles. The van der Waals surface area contributed by atoms with E-state index in [0.29, 0.717) is 16.7 Å². The Bertz CT molecular complexity index is 316. The lowest BCUT2D eigenvalue weighted by Crippen LogP contribution is -2.10. The van der Waals surface area contributed by atoms with Crippen LogP contribution in [0.25, 0.3) is 0 Å². The molecule has 1 aromatic heterocycles. The predicted octanol–water partition coefficient (Wildman–Crippen LogP) is 2.46. The molecule has 13 heavy (non-hydrogen) atoms. The van der Waals surface area contributed by atoms with Gasteiger partial charge in [0, 0.05) is 6.42 Å². The number of hydrogen-bond donors (Lipinski definition) is 1. The van der Waals surface area contributed by atoms with Crippen molar-refractivity contribution in [2.75, 3.05) is 0 Å². The van der Waals surface area contributed by atoms with Gasteiger partial charge in [-0.05, 0) is 30.5 Å². The first-order valence-corrected chi connectivity index (χ1v) is 4.87. The van der Waals surface area contributed by atoms with E-state index in [1.165, 1.54) is 0 Å². The highest BCUT2D eigenvalue weighted by Crippen LogP contribution is 2.38. The first-order valence-electron chi connectivity index (χ1n) is 4.12. The first kappa shape index (κ1) is 9.25. The molecule has 0 bridgehead atoms. The molecule has 0 saturated heterocycles. The summed E-state index contributed by atoms with van der Waals surface area (Å²) in [5, 5.41) is 10.4. The van der Waals surface area contributed by atoms with Crippen LogP contribution in [0.15, 0.2) is 12.1 Å². The van der Waals surface area contributed by atoms with E-state index in [-0.39, 0.29) is 0 Å². The van der Waals surface area contributed by atoms with Crippen molar-refractivity contribution in [3.8, 4) is 0 Å². The van der Waals surface area contributed by atoms with Gasteiger partial charge in [-0.3, -0.25) is 0 Å². The second kappa shape index (κ2) is 3.12. The van der Waals surface area contributed by atoms with Crippen LogP contribution in [0.3, 0.4) is 0 Å². The Kier molecular flexibility index (Phi) is 2.22. The van der Waals surface area contributed by atoms with Gasteiger partial charge in [0.05, 0.1) is 5.60 Å². The van der Waals surface area contributed by atoms with Crippen LogP contribution in [-0.2, 0) is 6.42 Å². The van der Waals surface area contributed by atoms with E-state index < -0.39 is 5.60 Å². The Morgan fingerprint density at radius 1 is 1.31 bits per heavy atom. The smallest absolute Gasteiger partial charge is 0.131 e. The Hall–Kier alpha value is -0.310. The molecule has 0 radical (unpaired) electrons. The monoisotopic (exact) mass is 217 g/mol. The number of hydrogen-bond acceptors (Lipinski definition) is 2. The van der Waals surface area contributed by atoms with Crippen LogP contribution in [0.5, 0.6) is 0 Å². The van der Waals surface area contributed by atoms with E-state index in [0.717, 1.165) is 18.4 Å². The molecule has 1 aliphatic carbocycles. The fourth-order valence-corrected chi connectivity index (χ4v) is 1.82. The summed E-state index contributed by atoms with van der Waals surface area (Å²) in [5.74, 6) is 0. The zero-order chi connectivity index (χ0) is 9.47. The lowest BCUT2D eigenvalue weighted by molar-refractivity contribution is 0.151. The van der Waals surface area contributed by atoms with Gasteiger partial charge in [0.1, 0.15) is 10.3 Å². The minimum Gasteiger partial charge on any atom is -0.390 e. The van der Waals surface area contributed by atoms with Gasteiger partial charge in [0.25, 0.3) is 0 Å². The van der Waals surface area contributed by atoms with Crippen molar-refractivity contribution < 1.29 is 5.11 Å². The predicted molar refractivity (Wildman–Crippen MR) is 52.1 cm³/mol. The fraction of sp³-hybridized carbons (Fsp3) is 0.444. The normalized spacial score (nSPS) is 18.7. The van der Waals surface area contributed by atoms with Crippen LogP contribution in [-0.4, -0.2) is 15.7 Å². The van der Waals surface area contributed by atoms with E-state index in [4.69, 9.17) is 23.2 Å². The molecule has 4 heteroatoms. The summed E-state index contributed by atoms with van der Waals surface area (Å²) >= 11 is 11.4. The number of rotatable bonds is 2. The number of aromatic nitrogens is 1. The molecule has 2 nitrogen and oxygen atoms in total. The van der Waals surface area contributed by atoms with Crippen molar-refractivity contribution in [1.29, 1.82) is 0 Å². The summed E-state index contributed by atoms with van der Waals surface area (Å²) in [6, 6.07) is 3.48. The Morgan fingerprint density at radius 3 is 2.31 bits per heavy atom. The van der Waals surface area contributed by atoms with Gasteiger partial charge in [-0.25, -0.2) is 4.98 Å². The molecular weight excluding hydrogens is 209 g/mol. The van der Waals surface area contributed by atoms with Crippen molar-refractivity contribution in [1.82, 2.24) is 4.98 Å². The highest BCUT2D eigenvalue weighted by Gasteiger charge is 2.40. The summed E-state index contributed by atoms with van der Waals surface area (Å²) in [6.45, 7) is 0. The second-order valence-corrected chi connectivity index (χ2v) is 4.30. The van der Waals surface area contributed by atoms with Crippen LogP contribution >= 0.6 is 23.2 Å². The topological polar surface area (TPSA) is 33.1 Å². The van der Waals surface area contributed by atoms with Crippen molar-refractivity contribution >= 4 is 23.2 Å². The number of nitrogens with zero attached hydrogens (tertiary/aromatic N) is 1. The zero-order valence-corrected chi connectivity index (χ0v) is 8.44. The number of aliphatic hydroxyl groups is 1. The number of halogens is 2. The highest BCUT2D eigenvalue weighted by atomic mass is 35.5. The molecule has 2 rings (SSSR count). The van der Waals surface area contributed by atoms with Crippen LogP contribution < -0.4 is 0 Å². The van der Waals surface area contributed by atoms with E-state index >= 15 is 0 Å². The SMILES string of the molecule is OC1(Cc2cc(Cl)nc(Cl)c2)CC1. The first-order chi connectivity index (χ1) is 6.07. The molecule has 1 aliphatic rings. The van der Waals surface area contributed by atoms with Gasteiger partial charge in [0.2, 0.25) is 0 Å². The van der Waals surface area contributed by atoms with E-state index in [2.05, 4.69) is 4.98 Å². The molecule has 1 fully saturated rings. The van der Waals surface area contributed by atoms with Crippen LogP contribution in [0.2, 0.25) is 10.3 Å². The van der Waals surface area contributed by atoms with Gasteiger partial charge in [-0.2, -0.15) is 0 Å². The fourth-order valence-electron chi connectivity index (χ4n) is 1.32. The molecule has 0 unspecified atom stereocenters. The maximum Gasteiger partial charge on any atom is 0.131 e. The molecule has 1 aromatic rings. The lowest BCUT2D eigenvalue weighted by atomic mass is 10.1. The molecule has 0 aliphatic heterocycles. The standard InChI is InChI=1S/C9H9Cl2NO/c10-7-3-6(4-8(11)12-7)5-9(13)1-2-9/h3-4,13H,1-2,5H2. The summed E-state index contributed by atoms with van der Waals surface area (Å²) < 4.78 is 0. The third kappa shape index (κ3) is 2.33. The van der Waals surface area contributed by atoms with Crippen molar-refractivity contribution in [2.24, 2.45) is 0 Å². The number of pyridine rings is 1. The zero-order valence-electron chi connectivity index (χ0n) is 6.93. The van der Waals surface area contributed by atoms with Crippen LogP contribution in [0.4, 0.5) is 0 Å². The summed E-state index contributed by atoms with van der Waals surface area (Å²) in [7, 11) is 0. The van der Waals surface area contributed by atoms with E-state index in [1.54, 1.807) is 12.1 Å². The van der Waals surface area contributed by atoms with Gasteiger partial charge in [-0.1, -0.05) is 23.2 Å². The Balaban J connectivity index is 2.20. The summed E-state index contributed by atoms with van der Waals surface area (Å²) in [4.78, 5) is 3.83. The van der Waals surface area contributed by atoms with Crippen molar-refractivity contribution in [3.63, 3.8) is 0 Å². The van der Waals surface area contributed by atoms with E-state index in [9.17, 15) is 5.11 Å². The third-order valence-electron chi connectivity index (χ3n) is 2.18. The summed E-state index contributed by atoms with van der Waals surface area (Å²) in [6.07, 6.45) is 2.35. The van der Waals surface area contributed by atoms with Gasteiger partial charge in [0.15, 0.2) is 0 Å². The molecule has 1 saturated carbocycles. The van der Waals surface area contributed by atoms with E-state index in [1.807, 2.05) is 0 Å². The second-order valence-electron chi connectivity index (χ2n) is 3.52. The molecule has 0 amide bonds. The van der Waals surface area contributed by atoms with Crippen LogP contribution in [0.1, 0.15) is 18.4 Å². The molecule has 0 atom stereocenters. The lowest BCUT2D eigenvalue weighted by Gasteiger charge is -2.07. The molecule has 1 heterocycles. The highest BCUT2D eigenvalue weighted by molar-refractivity contribution is 6.32. The molecule has 0 spiro atoms. The van der Waals surface area contributed by atoms with Gasteiger partial charge >= 0.3 is 0 Å². The molecule has 70 valence electrons. The maximum absolute atomic E-state index is 9.66. The van der Waals surface area contributed by atoms with Crippen molar-refractivity contribution in [2.45, 2.75) is 24.9 Å². The van der Waals surface area contributed by atoms with Gasteiger partial charge in [-0.15, -0.1) is 0 Å². The third-order valence-corrected chi connectivity index (χ3v) is 2.57. The van der Waals surface area contributed by atoms with Gasteiger partial charge < -0.3 is 5.11 Å². The minimum atomic E-state index is -0.506. The summed E-state index contributed by atoms with van der Waals surface area (Å²) in [5.41, 5.74) is 0.443. The minimum absolute atomic E-state index is 0.381. The molecular formula is C9H9Cl2NO. The Morgan fingerprint density at radius 2 is 1.85 bits per heavy atom. The maximum atomic E-state index is 9.66. The molecule has 1 N–H and O–H groups in total.